The molecule has 0 spiro atoms. The molecule has 0 amide bonds. The first kappa shape index (κ1) is 9.93. The van der Waals surface area contributed by atoms with Gasteiger partial charge in [0.2, 0.25) is 0 Å². The van der Waals surface area contributed by atoms with Crippen LogP contribution in [0.15, 0.2) is 36.8 Å². The molecule has 2 N–H and O–H groups in total. The lowest BCUT2D eigenvalue weighted by Gasteiger charge is -2.06. The molecule has 2 rings (SSSR count). The largest absolute Gasteiger partial charge is 0.329 e. The summed E-state index contributed by atoms with van der Waals surface area (Å²) in [5.74, 6) is 0. The van der Waals surface area contributed by atoms with Crippen molar-refractivity contribution >= 4 is 0 Å². The van der Waals surface area contributed by atoms with Crippen LogP contribution in [-0.4, -0.2) is 16.1 Å². The van der Waals surface area contributed by atoms with Crippen LogP contribution < -0.4 is 5.73 Å². The van der Waals surface area contributed by atoms with Gasteiger partial charge in [-0.25, -0.2) is 4.98 Å². The number of rotatable bonds is 3. The van der Waals surface area contributed by atoms with E-state index < -0.39 is 0 Å². The molecular formula is C12H15N3. The number of hydrogen-bond acceptors (Lipinski definition) is 2. The van der Waals surface area contributed by atoms with Gasteiger partial charge in [0, 0.05) is 18.7 Å². The number of nitrogens with zero attached hydrogens (tertiary/aromatic N) is 2. The molecule has 0 saturated carbocycles. The maximum absolute atomic E-state index is 5.55. The number of benzene rings is 1. The van der Waals surface area contributed by atoms with Gasteiger partial charge in [-0.3, -0.25) is 0 Å². The van der Waals surface area contributed by atoms with Crippen LogP contribution in [0.3, 0.4) is 0 Å². The summed E-state index contributed by atoms with van der Waals surface area (Å²) in [6, 6.07) is 8.40. The van der Waals surface area contributed by atoms with E-state index in [1.807, 2.05) is 12.5 Å². The molecule has 3 heteroatoms. The number of aromatic nitrogens is 2. The van der Waals surface area contributed by atoms with Crippen LogP contribution in [-0.2, 0) is 6.54 Å². The summed E-state index contributed by atoms with van der Waals surface area (Å²) in [7, 11) is 0. The molecule has 15 heavy (non-hydrogen) atoms. The van der Waals surface area contributed by atoms with Crippen molar-refractivity contribution in [3.8, 4) is 11.3 Å². The fourth-order valence-electron chi connectivity index (χ4n) is 1.68. The Morgan fingerprint density at radius 3 is 3.00 bits per heavy atom. The van der Waals surface area contributed by atoms with E-state index in [4.69, 9.17) is 5.73 Å². The van der Waals surface area contributed by atoms with E-state index in [-0.39, 0.29) is 0 Å². The maximum atomic E-state index is 5.55. The third-order valence-electron chi connectivity index (χ3n) is 2.40. The monoisotopic (exact) mass is 201 g/mol. The van der Waals surface area contributed by atoms with Gasteiger partial charge in [-0.05, 0) is 13.0 Å². The van der Waals surface area contributed by atoms with Gasteiger partial charge in [0.1, 0.15) is 0 Å². The third kappa shape index (κ3) is 2.07. The van der Waals surface area contributed by atoms with E-state index in [2.05, 4.69) is 40.7 Å². The Morgan fingerprint density at radius 2 is 2.27 bits per heavy atom. The summed E-state index contributed by atoms with van der Waals surface area (Å²) < 4.78 is 2.08. The van der Waals surface area contributed by atoms with Crippen molar-refractivity contribution in [2.45, 2.75) is 13.5 Å². The smallest absolute Gasteiger partial charge is 0.0951 e. The van der Waals surface area contributed by atoms with Crippen molar-refractivity contribution in [3.05, 3.63) is 42.4 Å². The Bertz CT molecular complexity index is 446. The van der Waals surface area contributed by atoms with Crippen LogP contribution in [0, 0.1) is 6.92 Å². The normalized spacial score (nSPS) is 10.5. The van der Waals surface area contributed by atoms with E-state index in [0.29, 0.717) is 6.54 Å². The van der Waals surface area contributed by atoms with Gasteiger partial charge >= 0.3 is 0 Å². The minimum atomic E-state index is 0.634. The van der Waals surface area contributed by atoms with Crippen molar-refractivity contribution in [1.82, 2.24) is 9.55 Å². The Hall–Kier alpha value is -1.61. The molecular weight excluding hydrogens is 186 g/mol. The molecule has 1 aromatic carbocycles. The van der Waals surface area contributed by atoms with Gasteiger partial charge in [-0.1, -0.05) is 23.8 Å². The summed E-state index contributed by atoms with van der Waals surface area (Å²) in [6.45, 7) is 3.53. The van der Waals surface area contributed by atoms with Crippen molar-refractivity contribution < 1.29 is 0 Å². The Labute approximate surface area is 89.6 Å². The predicted octanol–water partition coefficient (Wildman–Crippen LogP) is 1.82. The van der Waals surface area contributed by atoms with Crippen LogP contribution in [0.1, 0.15) is 5.56 Å². The average molecular weight is 201 g/mol. The average Bonchev–Trinajstić information content (AvgIpc) is 2.66. The molecule has 0 saturated heterocycles. The molecule has 0 fully saturated rings. The van der Waals surface area contributed by atoms with E-state index in [9.17, 15) is 0 Å². The molecule has 78 valence electrons. The molecule has 2 aromatic rings. The van der Waals surface area contributed by atoms with Gasteiger partial charge in [-0.15, -0.1) is 0 Å². The summed E-state index contributed by atoms with van der Waals surface area (Å²) in [5, 5.41) is 0. The summed E-state index contributed by atoms with van der Waals surface area (Å²) in [5.41, 5.74) is 9.13. The minimum Gasteiger partial charge on any atom is -0.329 e. The summed E-state index contributed by atoms with van der Waals surface area (Å²) in [4.78, 5) is 4.15. The number of imidazole rings is 1. The number of aryl methyl sites for hydroxylation is 1. The molecule has 0 unspecified atom stereocenters. The third-order valence-corrected chi connectivity index (χ3v) is 2.40. The fraction of sp³-hybridized carbons (Fsp3) is 0.250. The Balaban J connectivity index is 2.40. The number of hydrogen-bond donors (Lipinski definition) is 1. The van der Waals surface area contributed by atoms with Crippen LogP contribution in [0.5, 0.6) is 0 Å². The van der Waals surface area contributed by atoms with Crippen LogP contribution in [0.4, 0.5) is 0 Å². The van der Waals surface area contributed by atoms with E-state index in [0.717, 1.165) is 12.2 Å². The molecule has 0 aliphatic heterocycles. The van der Waals surface area contributed by atoms with Crippen LogP contribution in [0.25, 0.3) is 11.3 Å². The highest BCUT2D eigenvalue weighted by Crippen LogP contribution is 2.19. The first-order valence-electron chi connectivity index (χ1n) is 5.08. The molecule has 3 nitrogen and oxygen atoms in total. The second-order valence-corrected chi connectivity index (χ2v) is 3.63. The summed E-state index contributed by atoms with van der Waals surface area (Å²) >= 11 is 0. The van der Waals surface area contributed by atoms with Gasteiger partial charge in [-0.2, -0.15) is 0 Å². The quantitative estimate of drug-likeness (QED) is 0.823. The lowest BCUT2D eigenvalue weighted by Crippen LogP contribution is -2.09. The van der Waals surface area contributed by atoms with Crippen molar-refractivity contribution in [3.63, 3.8) is 0 Å². The topological polar surface area (TPSA) is 43.8 Å². The number of nitrogens with two attached hydrogens (primary N) is 1. The highest BCUT2D eigenvalue weighted by molar-refractivity contribution is 5.59. The van der Waals surface area contributed by atoms with Gasteiger partial charge in [0.15, 0.2) is 0 Å². The first-order chi connectivity index (χ1) is 7.31. The van der Waals surface area contributed by atoms with E-state index in [1.165, 1.54) is 11.1 Å². The molecule has 1 heterocycles. The highest BCUT2D eigenvalue weighted by Gasteiger charge is 2.03. The van der Waals surface area contributed by atoms with Gasteiger partial charge in [0.25, 0.3) is 0 Å². The first-order valence-corrected chi connectivity index (χ1v) is 5.08. The van der Waals surface area contributed by atoms with Crippen molar-refractivity contribution in [1.29, 1.82) is 0 Å². The van der Waals surface area contributed by atoms with Crippen molar-refractivity contribution in [2.75, 3.05) is 6.54 Å². The van der Waals surface area contributed by atoms with Gasteiger partial charge < -0.3 is 10.3 Å². The minimum absolute atomic E-state index is 0.634. The summed E-state index contributed by atoms with van der Waals surface area (Å²) in [6.07, 6.45) is 3.70. The molecule has 0 radical (unpaired) electrons. The SMILES string of the molecule is Cc1cccc(-c2cncn2CCN)c1. The standard InChI is InChI=1S/C12H15N3/c1-10-3-2-4-11(7-10)12-8-14-9-15(12)6-5-13/h2-4,7-9H,5-6,13H2,1H3. The van der Waals surface area contributed by atoms with Crippen LogP contribution in [0.2, 0.25) is 0 Å². The zero-order valence-corrected chi connectivity index (χ0v) is 8.85. The lowest BCUT2D eigenvalue weighted by molar-refractivity contribution is 0.714. The van der Waals surface area contributed by atoms with Gasteiger partial charge in [0.05, 0.1) is 18.2 Å². The Kier molecular flexibility index (Phi) is 2.83. The molecule has 0 bridgehead atoms. The zero-order valence-electron chi connectivity index (χ0n) is 8.85. The second-order valence-electron chi connectivity index (χ2n) is 3.63. The second kappa shape index (κ2) is 4.28. The van der Waals surface area contributed by atoms with Crippen molar-refractivity contribution in [2.24, 2.45) is 5.73 Å². The maximum Gasteiger partial charge on any atom is 0.0951 e. The predicted molar refractivity (Wildman–Crippen MR) is 61.5 cm³/mol. The molecule has 0 atom stereocenters. The highest BCUT2D eigenvalue weighted by atomic mass is 15.0. The van der Waals surface area contributed by atoms with E-state index >= 15 is 0 Å². The van der Waals surface area contributed by atoms with E-state index in [1.54, 1.807) is 0 Å². The Morgan fingerprint density at radius 1 is 1.40 bits per heavy atom. The zero-order chi connectivity index (χ0) is 10.7. The lowest BCUT2D eigenvalue weighted by atomic mass is 10.1. The fourth-order valence-corrected chi connectivity index (χ4v) is 1.68. The molecule has 0 aliphatic rings. The molecule has 1 aromatic heterocycles. The molecule has 0 aliphatic carbocycles. The van der Waals surface area contributed by atoms with Crippen LogP contribution >= 0.6 is 0 Å².